The number of pyridine rings is 1. The molecule has 4 heteroatoms. The van der Waals surface area contributed by atoms with E-state index in [1.54, 1.807) is 0 Å². The van der Waals surface area contributed by atoms with Crippen LogP contribution in [0.5, 0.6) is 0 Å². The van der Waals surface area contributed by atoms with Crippen molar-refractivity contribution in [1.82, 2.24) is 0 Å². The van der Waals surface area contributed by atoms with Crippen molar-refractivity contribution in [3.63, 3.8) is 0 Å². The Bertz CT molecular complexity index is 914. The van der Waals surface area contributed by atoms with Gasteiger partial charge in [-0.15, -0.1) is 12.6 Å². The average molecular weight is 382 g/mol. The summed E-state index contributed by atoms with van der Waals surface area (Å²) in [7, 11) is 0. The number of benzene rings is 1. The predicted octanol–water partition coefficient (Wildman–Crippen LogP) is 4.75. The van der Waals surface area contributed by atoms with Crippen LogP contribution >= 0.6 is 25.3 Å². The van der Waals surface area contributed by atoms with E-state index in [1.807, 2.05) is 24.3 Å². The molecule has 0 amide bonds. The van der Waals surface area contributed by atoms with Crippen molar-refractivity contribution in [3.05, 3.63) is 53.2 Å². The summed E-state index contributed by atoms with van der Waals surface area (Å²) < 4.78 is 2.24. The van der Waals surface area contributed by atoms with Crippen LogP contribution in [0.4, 0.5) is 5.82 Å². The maximum absolute atomic E-state index is 4.85. The Morgan fingerprint density at radius 2 is 1.81 bits per heavy atom. The van der Waals surface area contributed by atoms with Crippen molar-refractivity contribution in [2.24, 2.45) is 4.99 Å². The van der Waals surface area contributed by atoms with Crippen LogP contribution < -0.4 is 4.57 Å². The first kappa shape index (κ1) is 19.1. The van der Waals surface area contributed by atoms with E-state index >= 15 is 0 Å². The van der Waals surface area contributed by atoms with Gasteiger partial charge in [0.1, 0.15) is 11.9 Å². The molecule has 2 heterocycles. The number of thiol groups is 2. The third-order valence-corrected chi connectivity index (χ3v) is 5.52. The maximum Gasteiger partial charge on any atom is 0.327 e. The standard InChI is InChI=1S/C22H24N2S2/c1-15(25)11-12-24-14-18(6-5-17-7-9-19(26)10-8-17)13-20-21(24)23-16(2)22(20,3)4/h7-10,13-15H,11-12H2,1-4H3,(H-,25,26)/p+1. The Morgan fingerprint density at radius 3 is 2.46 bits per heavy atom. The molecular weight excluding hydrogens is 356 g/mol. The summed E-state index contributed by atoms with van der Waals surface area (Å²) in [5, 5.41) is 0.354. The van der Waals surface area contributed by atoms with Crippen molar-refractivity contribution in [3.8, 4) is 11.8 Å². The van der Waals surface area contributed by atoms with Gasteiger partial charge in [0.2, 0.25) is 0 Å². The molecule has 134 valence electrons. The lowest BCUT2D eigenvalue weighted by atomic mass is 9.82. The fraction of sp³-hybridized carbons (Fsp3) is 0.364. The molecule has 2 nitrogen and oxygen atoms in total. The van der Waals surface area contributed by atoms with E-state index in [4.69, 9.17) is 4.99 Å². The molecule has 1 aromatic carbocycles. The maximum atomic E-state index is 4.85. The van der Waals surface area contributed by atoms with Crippen molar-refractivity contribution < 1.29 is 4.57 Å². The van der Waals surface area contributed by atoms with Crippen LogP contribution in [0, 0.1) is 11.8 Å². The first-order valence-electron chi connectivity index (χ1n) is 8.90. The largest absolute Gasteiger partial charge is 0.327 e. The van der Waals surface area contributed by atoms with Crippen LogP contribution in [0.2, 0.25) is 0 Å². The Morgan fingerprint density at radius 1 is 1.15 bits per heavy atom. The van der Waals surface area contributed by atoms with Gasteiger partial charge in [0.15, 0.2) is 0 Å². The Labute approximate surface area is 167 Å². The van der Waals surface area contributed by atoms with Crippen LogP contribution in [-0.4, -0.2) is 11.0 Å². The minimum atomic E-state index is -0.0605. The molecule has 0 bridgehead atoms. The van der Waals surface area contributed by atoms with Gasteiger partial charge in [0.25, 0.3) is 0 Å². The molecule has 0 N–H and O–H groups in total. The number of aromatic nitrogens is 1. The lowest BCUT2D eigenvalue weighted by Gasteiger charge is -2.16. The molecule has 0 saturated carbocycles. The van der Waals surface area contributed by atoms with Gasteiger partial charge in [0.05, 0.1) is 23.1 Å². The monoisotopic (exact) mass is 381 g/mol. The Hall–Kier alpha value is -1.70. The van der Waals surface area contributed by atoms with Crippen molar-refractivity contribution in [2.75, 3.05) is 0 Å². The van der Waals surface area contributed by atoms with Gasteiger partial charge in [-0.1, -0.05) is 18.8 Å². The zero-order valence-corrected chi connectivity index (χ0v) is 17.5. The number of hydrogen-bond donors (Lipinski definition) is 2. The van der Waals surface area contributed by atoms with Gasteiger partial charge in [0, 0.05) is 15.7 Å². The molecule has 1 aliphatic rings. The van der Waals surface area contributed by atoms with Crippen molar-refractivity contribution in [2.45, 2.75) is 56.2 Å². The van der Waals surface area contributed by atoms with E-state index in [2.05, 4.69) is 81.6 Å². The second kappa shape index (κ2) is 7.50. The summed E-state index contributed by atoms with van der Waals surface area (Å²) in [6.45, 7) is 9.58. The third kappa shape index (κ3) is 4.00. The first-order chi connectivity index (χ1) is 12.3. The predicted molar refractivity (Wildman–Crippen MR) is 115 cm³/mol. The second-order valence-corrected chi connectivity index (χ2v) is 8.81. The number of aliphatic imine (C=N–C) groups is 1. The van der Waals surface area contributed by atoms with E-state index in [-0.39, 0.29) is 5.41 Å². The highest BCUT2D eigenvalue weighted by Crippen LogP contribution is 2.38. The van der Waals surface area contributed by atoms with Gasteiger partial charge in [-0.2, -0.15) is 12.6 Å². The van der Waals surface area contributed by atoms with Crippen LogP contribution in [-0.2, 0) is 12.0 Å². The molecule has 1 aliphatic heterocycles. The van der Waals surface area contributed by atoms with E-state index in [1.165, 1.54) is 5.56 Å². The third-order valence-electron chi connectivity index (χ3n) is 4.97. The van der Waals surface area contributed by atoms with Gasteiger partial charge in [-0.3, -0.25) is 0 Å². The van der Waals surface area contributed by atoms with Crippen molar-refractivity contribution >= 4 is 36.8 Å². The molecule has 0 saturated heterocycles. The normalized spacial score (nSPS) is 15.7. The lowest BCUT2D eigenvalue weighted by Crippen LogP contribution is -2.36. The fourth-order valence-corrected chi connectivity index (χ4v) is 3.24. The van der Waals surface area contributed by atoms with E-state index in [0.717, 1.165) is 40.5 Å². The molecular formula is C22H25N2S2+. The molecule has 0 fully saturated rings. The summed E-state index contributed by atoms with van der Waals surface area (Å²) >= 11 is 8.85. The van der Waals surface area contributed by atoms with E-state index in [9.17, 15) is 0 Å². The molecule has 1 aromatic heterocycles. The molecule has 26 heavy (non-hydrogen) atoms. The average Bonchev–Trinajstić information content (AvgIpc) is 2.82. The highest BCUT2D eigenvalue weighted by Gasteiger charge is 2.41. The highest BCUT2D eigenvalue weighted by atomic mass is 32.1. The van der Waals surface area contributed by atoms with Crippen LogP contribution in [0.3, 0.4) is 0 Å². The van der Waals surface area contributed by atoms with Crippen LogP contribution in [0.25, 0.3) is 0 Å². The highest BCUT2D eigenvalue weighted by molar-refractivity contribution is 7.80. The first-order valence-corrected chi connectivity index (χ1v) is 9.86. The number of nitrogens with zero attached hydrogens (tertiary/aromatic N) is 2. The number of fused-ring (bicyclic) bond motifs is 1. The SMILES string of the molecule is CC1=Nc2c(cc(C#Cc3ccc(S)cc3)c[n+]2CCC(C)S)C1(C)C. The molecule has 0 spiro atoms. The van der Waals surface area contributed by atoms with Crippen LogP contribution in [0.15, 0.2) is 46.4 Å². The quantitative estimate of drug-likeness (QED) is 0.433. The summed E-state index contributed by atoms with van der Waals surface area (Å²) in [5.41, 5.74) is 4.35. The zero-order valence-electron chi connectivity index (χ0n) is 15.7. The molecule has 0 aliphatic carbocycles. The topological polar surface area (TPSA) is 16.2 Å². The summed E-state index contributed by atoms with van der Waals surface area (Å²) in [4.78, 5) is 5.80. The molecule has 2 aromatic rings. The Kier molecular flexibility index (Phi) is 5.50. The molecule has 1 unspecified atom stereocenters. The summed E-state index contributed by atoms with van der Waals surface area (Å²) in [6.07, 6.45) is 3.11. The minimum Gasteiger partial charge on any atom is -0.229 e. The smallest absolute Gasteiger partial charge is 0.229 e. The lowest BCUT2D eigenvalue weighted by molar-refractivity contribution is -0.684. The summed E-state index contributed by atoms with van der Waals surface area (Å²) in [5.74, 6) is 7.65. The Balaban J connectivity index is 2.02. The molecule has 0 radical (unpaired) electrons. The number of rotatable bonds is 3. The van der Waals surface area contributed by atoms with E-state index in [0.29, 0.717) is 5.25 Å². The zero-order chi connectivity index (χ0) is 18.9. The van der Waals surface area contributed by atoms with Gasteiger partial charge >= 0.3 is 5.82 Å². The molecule has 1 atom stereocenters. The summed E-state index contributed by atoms with van der Waals surface area (Å²) in [6, 6.07) is 10.1. The fourth-order valence-electron chi connectivity index (χ4n) is 2.97. The minimum absolute atomic E-state index is 0.0605. The molecule has 3 rings (SSSR count). The van der Waals surface area contributed by atoms with Gasteiger partial charge in [-0.25, -0.2) is 4.57 Å². The van der Waals surface area contributed by atoms with Gasteiger partial charge in [-0.05, 0) is 62.5 Å². The van der Waals surface area contributed by atoms with Crippen molar-refractivity contribution in [1.29, 1.82) is 0 Å². The number of hydrogen-bond acceptors (Lipinski definition) is 3. The second-order valence-electron chi connectivity index (χ2n) is 7.42. The van der Waals surface area contributed by atoms with Gasteiger partial charge < -0.3 is 0 Å². The van der Waals surface area contributed by atoms with E-state index < -0.39 is 0 Å². The number of aryl methyl sites for hydroxylation is 1. The van der Waals surface area contributed by atoms with Crippen LogP contribution in [0.1, 0.15) is 50.8 Å².